The van der Waals surface area contributed by atoms with Crippen LogP contribution in [-0.4, -0.2) is 43.6 Å². The summed E-state index contributed by atoms with van der Waals surface area (Å²) >= 11 is 0. The molecule has 0 saturated heterocycles. The molecule has 7 nitrogen and oxygen atoms in total. The summed E-state index contributed by atoms with van der Waals surface area (Å²) in [5.41, 5.74) is 2.56. The average Bonchev–Trinajstić information content (AvgIpc) is 3.18. The van der Waals surface area contributed by atoms with Gasteiger partial charge in [0.1, 0.15) is 17.3 Å². The molecule has 0 saturated carbocycles. The highest BCUT2D eigenvalue weighted by atomic mass is 35.7. The summed E-state index contributed by atoms with van der Waals surface area (Å²) in [4.78, 5) is 19.6. The van der Waals surface area contributed by atoms with E-state index in [1.165, 1.54) is 10.7 Å². The van der Waals surface area contributed by atoms with Crippen LogP contribution in [0.2, 0.25) is 5.31 Å². The minimum Gasteiger partial charge on any atom is -0.476 e. The highest BCUT2D eigenvalue weighted by Gasteiger charge is 2.40. The summed E-state index contributed by atoms with van der Waals surface area (Å²) < 4.78 is 7.28. The Morgan fingerprint density at radius 3 is 2.26 bits per heavy atom. The maximum absolute atomic E-state index is 11.7. The Balaban J connectivity index is 2.12. The largest absolute Gasteiger partial charge is 0.476 e. The van der Waals surface area contributed by atoms with Crippen LogP contribution in [0.1, 0.15) is 42.6 Å². The van der Waals surface area contributed by atoms with Crippen molar-refractivity contribution in [1.29, 1.82) is 0 Å². The first-order valence-corrected chi connectivity index (χ1v) is 13.4. The quantitative estimate of drug-likeness (QED) is 0.227. The first-order chi connectivity index (χ1) is 15.6. The standard InChI is InChI=1S/C21H25BClN4O3P3S/c1-11-5-12(7-14(6-11)30-20(4,34-23)19(2,3)22)16-8-15(17(28)29)26-27(16)13-9-24-18(25-10-13)21(31,32)33/h5-10H,31-33H2,1-4H3,(H,28,29). The lowest BCUT2D eigenvalue weighted by molar-refractivity contribution is 0.0690. The Morgan fingerprint density at radius 1 is 1.15 bits per heavy atom. The molecule has 178 valence electrons. The zero-order valence-corrected chi connectivity index (χ0v) is 24.1. The van der Waals surface area contributed by atoms with E-state index in [1.54, 1.807) is 18.5 Å². The third kappa shape index (κ3) is 5.94. The SMILES string of the molecule is [B]C(C)(C)C(C)(Oc1cc(C)cc(-c2cc(C(=O)O)nn2-c2cnc(C(P)(P)P)nc2)c1)SCl. The number of carboxylic acids is 1. The van der Waals surface area contributed by atoms with Crippen molar-refractivity contribution in [3.05, 3.63) is 53.7 Å². The fraction of sp³-hybridized carbons (Fsp3) is 0.333. The van der Waals surface area contributed by atoms with E-state index in [2.05, 4.69) is 42.8 Å². The van der Waals surface area contributed by atoms with E-state index in [0.717, 1.165) is 16.5 Å². The van der Waals surface area contributed by atoms with Crippen LogP contribution in [0.4, 0.5) is 0 Å². The Bertz CT molecular complexity index is 1220. The number of benzene rings is 1. The van der Waals surface area contributed by atoms with E-state index in [4.69, 9.17) is 23.3 Å². The Kier molecular flexibility index (Phi) is 8.07. The molecule has 4 atom stereocenters. The highest BCUT2D eigenvalue weighted by molar-refractivity contribution is 8.22. The lowest BCUT2D eigenvalue weighted by Gasteiger charge is -2.39. The first kappa shape index (κ1) is 27.4. The van der Waals surface area contributed by atoms with Gasteiger partial charge in [0.25, 0.3) is 0 Å². The lowest BCUT2D eigenvalue weighted by atomic mass is 9.68. The summed E-state index contributed by atoms with van der Waals surface area (Å²) in [6.45, 7) is 7.42. The van der Waals surface area contributed by atoms with Crippen LogP contribution >= 0.6 is 49.4 Å². The van der Waals surface area contributed by atoms with E-state index in [9.17, 15) is 9.90 Å². The zero-order chi connectivity index (χ0) is 25.5. The molecule has 0 fully saturated rings. The molecule has 0 aliphatic carbocycles. The van der Waals surface area contributed by atoms with Gasteiger partial charge in [0.2, 0.25) is 0 Å². The Hall–Kier alpha value is -1.23. The number of carboxylic acid groups (broad SMARTS) is 1. The number of hydrogen-bond donors (Lipinski definition) is 1. The van der Waals surface area contributed by atoms with Gasteiger partial charge in [-0.3, -0.25) is 0 Å². The van der Waals surface area contributed by atoms with Gasteiger partial charge in [0.15, 0.2) is 10.6 Å². The van der Waals surface area contributed by atoms with E-state index in [-0.39, 0.29) is 5.69 Å². The van der Waals surface area contributed by atoms with Gasteiger partial charge in [-0.05, 0) is 70.6 Å². The van der Waals surface area contributed by atoms with Crippen LogP contribution in [0, 0.1) is 6.92 Å². The highest BCUT2D eigenvalue weighted by Crippen LogP contribution is 2.48. The molecule has 2 heterocycles. The maximum atomic E-state index is 11.7. The average molecular weight is 553 g/mol. The van der Waals surface area contributed by atoms with E-state index in [0.29, 0.717) is 28.5 Å². The van der Waals surface area contributed by atoms with Gasteiger partial charge in [-0.2, -0.15) is 5.10 Å². The minimum atomic E-state index is -1.14. The lowest BCUT2D eigenvalue weighted by Crippen LogP contribution is -2.38. The smallest absolute Gasteiger partial charge is 0.356 e. The number of nitrogens with zero attached hydrogens (tertiary/aromatic N) is 4. The second-order valence-corrected chi connectivity index (χ2v) is 15.0. The number of halogens is 1. The van der Waals surface area contributed by atoms with Gasteiger partial charge >= 0.3 is 5.97 Å². The molecule has 0 bridgehead atoms. The number of aromatic nitrogens is 4. The first-order valence-electron chi connectivity index (χ1n) is 10.1. The van der Waals surface area contributed by atoms with Crippen molar-refractivity contribution >= 4 is 63.2 Å². The zero-order valence-electron chi connectivity index (χ0n) is 19.1. The normalized spacial score (nSPS) is 14.0. The van der Waals surface area contributed by atoms with Crippen LogP contribution in [0.15, 0.2) is 36.7 Å². The summed E-state index contributed by atoms with van der Waals surface area (Å²) in [6.07, 6.45) is 3.20. The van der Waals surface area contributed by atoms with Crippen molar-refractivity contribution in [2.24, 2.45) is 0 Å². The molecule has 1 N–H and O–H groups in total. The van der Waals surface area contributed by atoms with Crippen molar-refractivity contribution < 1.29 is 14.6 Å². The van der Waals surface area contributed by atoms with Gasteiger partial charge in [-0.15, -0.1) is 27.7 Å². The second-order valence-electron chi connectivity index (χ2n) is 8.71. The minimum absolute atomic E-state index is 0.107. The number of carbonyl (C=O) groups is 1. The molecule has 0 aliphatic rings. The summed E-state index contributed by atoms with van der Waals surface area (Å²) in [5, 5.41) is 13.1. The third-order valence-corrected chi connectivity index (χ3v) is 7.74. The summed E-state index contributed by atoms with van der Waals surface area (Å²) in [7, 11) is 21.3. The molecule has 3 rings (SSSR count). The fourth-order valence-electron chi connectivity index (χ4n) is 2.97. The molecular formula is C21H25BClN4O3P3S. The molecular weight excluding hydrogens is 528 g/mol. The van der Waals surface area contributed by atoms with E-state index < -0.39 is 20.9 Å². The molecule has 0 aliphatic heterocycles. The maximum Gasteiger partial charge on any atom is 0.356 e. The van der Waals surface area contributed by atoms with Crippen molar-refractivity contribution in [3.8, 4) is 22.7 Å². The van der Waals surface area contributed by atoms with Gasteiger partial charge < -0.3 is 9.84 Å². The molecule has 4 unspecified atom stereocenters. The molecule has 2 aromatic heterocycles. The molecule has 13 heteroatoms. The molecule has 0 spiro atoms. The second kappa shape index (κ2) is 10.0. The Labute approximate surface area is 216 Å². The Morgan fingerprint density at radius 2 is 1.76 bits per heavy atom. The van der Waals surface area contributed by atoms with Crippen LogP contribution in [0.5, 0.6) is 5.75 Å². The fourth-order valence-corrected chi connectivity index (χ4v) is 4.43. The number of rotatable bonds is 8. The van der Waals surface area contributed by atoms with Crippen molar-refractivity contribution in [2.75, 3.05) is 0 Å². The number of ether oxygens (including phenoxy) is 1. The predicted octanol–water partition coefficient (Wildman–Crippen LogP) is 5.42. The van der Waals surface area contributed by atoms with Crippen molar-refractivity contribution in [2.45, 2.75) is 42.6 Å². The molecule has 34 heavy (non-hydrogen) atoms. The van der Waals surface area contributed by atoms with Gasteiger partial charge in [-0.1, -0.05) is 13.8 Å². The monoisotopic (exact) mass is 552 g/mol. The number of aromatic carboxylic acids is 1. The molecule has 1 aromatic carbocycles. The molecule has 0 amide bonds. The van der Waals surface area contributed by atoms with Crippen molar-refractivity contribution in [3.63, 3.8) is 0 Å². The summed E-state index contributed by atoms with van der Waals surface area (Å²) in [6, 6.07) is 7.09. The van der Waals surface area contributed by atoms with Gasteiger partial charge in [0.05, 0.1) is 30.6 Å². The van der Waals surface area contributed by atoms with Crippen LogP contribution in [0.25, 0.3) is 16.9 Å². The molecule has 3 aromatic rings. The number of aryl methyl sites for hydroxylation is 1. The topological polar surface area (TPSA) is 90.1 Å². The van der Waals surface area contributed by atoms with Crippen molar-refractivity contribution in [1.82, 2.24) is 19.7 Å². The number of hydrogen-bond acceptors (Lipinski definition) is 6. The van der Waals surface area contributed by atoms with E-state index in [1.807, 2.05) is 39.8 Å². The van der Waals surface area contributed by atoms with Gasteiger partial charge in [0, 0.05) is 5.56 Å². The van der Waals surface area contributed by atoms with E-state index >= 15 is 0 Å². The third-order valence-electron chi connectivity index (χ3n) is 5.18. The van der Waals surface area contributed by atoms with Gasteiger partial charge in [-0.25, -0.2) is 19.4 Å². The molecule has 2 radical (unpaired) electrons. The predicted molar refractivity (Wildman–Crippen MR) is 149 cm³/mol. The van der Waals surface area contributed by atoms with Crippen LogP contribution in [-0.2, 0) is 4.64 Å². The van der Waals surface area contributed by atoms with Crippen LogP contribution < -0.4 is 4.74 Å². The summed E-state index contributed by atoms with van der Waals surface area (Å²) in [5.74, 6) is -0.0346. The van der Waals surface area contributed by atoms with Crippen LogP contribution in [0.3, 0.4) is 0 Å².